The van der Waals surface area contributed by atoms with E-state index in [1.807, 2.05) is 11.8 Å². The quantitative estimate of drug-likeness (QED) is 0.312. The fourth-order valence-corrected chi connectivity index (χ4v) is 8.79. The number of hydrogen-bond acceptors (Lipinski definition) is 7. The number of aldehydes is 1. The van der Waals surface area contributed by atoms with Crippen LogP contribution in [0, 0.1) is 16.7 Å². The normalized spacial score (nSPS) is 21.5. The van der Waals surface area contributed by atoms with Crippen LogP contribution in [0.25, 0.3) is 0 Å². The van der Waals surface area contributed by atoms with Gasteiger partial charge >= 0.3 is 0 Å². The van der Waals surface area contributed by atoms with Crippen LogP contribution in [0.4, 0.5) is 0 Å². The highest BCUT2D eigenvalue weighted by Crippen LogP contribution is 2.38. The van der Waals surface area contributed by atoms with E-state index in [-0.39, 0.29) is 0 Å². The van der Waals surface area contributed by atoms with E-state index in [0.717, 1.165) is 76.9 Å². The summed E-state index contributed by atoms with van der Waals surface area (Å²) in [6.07, 6.45) is 9.65. The van der Waals surface area contributed by atoms with Crippen LogP contribution in [-0.2, 0) is 30.6 Å². The van der Waals surface area contributed by atoms with E-state index in [1.54, 1.807) is 20.9 Å². The Morgan fingerprint density at radius 2 is 1.89 bits per heavy atom. The zero-order valence-electron chi connectivity index (χ0n) is 22.3. The summed E-state index contributed by atoms with van der Waals surface area (Å²) in [5.74, 6) is 2.79. The number of rotatable bonds is 5. The van der Waals surface area contributed by atoms with E-state index in [4.69, 9.17) is 15.6 Å². The summed E-state index contributed by atoms with van der Waals surface area (Å²) < 4.78 is 0. The zero-order chi connectivity index (χ0) is 25.7. The number of carbonyl (C=O) groups excluding carboxylic acids is 1. The molecular formula is C28H43N5OS2. The van der Waals surface area contributed by atoms with Gasteiger partial charge in [0.2, 0.25) is 0 Å². The van der Waals surface area contributed by atoms with Crippen LogP contribution < -0.4 is 0 Å². The van der Waals surface area contributed by atoms with Crippen molar-refractivity contribution in [3.05, 3.63) is 31.4 Å². The lowest BCUT2D eigenvalue weighted by atomic mass is 9.94. The molecule has 0 radical (unpaired) electrons. The minimum Gasteiger partial charge on any atom is -0.315 e. The Kier molecular flexibility index (Phi) is 9.84. The maximum absolute atomic E-state index is 8.94. The zero-order valence-corrected chi connectivity index (χ0v) is 24.0. The van der Waals surface area contributed by atoms with Crippen molar-refractivity contribution < 1.29 is 4.79 Å². The maximum atomic E-state index is 8.94. The molecule has 36 heavy (non-hydrogen) atoms. The van der Waals surface area contributed by atoms with Crippen molar-refractivity contribution in [2.24, 2.45) is 5.92 Å². The Morgan fingerprint density at radius 1 is 1.14 bits per heavy atom. The van der Waals surface area contributed by atoms with Crippen LogP contribution in [0.15, 0.2) is 10.5 Å². The number of amidine groups is 2. The lowest BCUT2D eigenvalue weighted by molar-refractivity contribution is -0.106. The SMILES string of the molecule is CC=O.CCc1c(CCN2CCC(C(=N)N3CCCC4=C(CCS4)C3=N)CC2)sc2c1CCN(C)C2. The fraction of sp³-hybridized carbons (Fsp3) is 0.679. The molecule has 6 nitrogen and oxygen atoms in total. The van der Waals surface area contributed by atoms with Gasteiger partial charge in [0.25, 0.3) is 0 Å². The summed E-state index contributed by atoms with van der Waals surface area (Å²) in [7, 11) is 2.24. The third-order valence-electron chi connectivity index (χ3n) is 8.02. The van der Waals surface area contributed by atoms with Crippen LogP contribution in [0.3, 0.4) is 0 Å². The van der Waals surface area contributed by atoms with Gasteiger partial charge < -0.3 is 19.5 Å². The van der Waals surface area contributed by atoms with Crippen molar-refractivity contribution in [1.29, 1.82) is 10.8 Å². The first-order chi connectivity index (χ1) is 17.5. The van der Waals surface area contributed by atoms with Gasteiger partial charge in [-0.2, -0.15) is 0 Å². The molecular weight excluding hydrogens is 486 g/mol. The number of thiophene rings is 1. The van der Waals surface area contributed by atoms with Gasteiger partial charge in [-0.25, -0.2) is 0 Å². The number of likely N-dealkylation sites (tertiary alicyclic amines) is 1. The molecule has 8 heteroatoms. The molecule has 1 saturated heterocycles. The van der Waals surface area contributed by atoms with Gasteiger partial charge in [-0.05, 0) is 94.5 Å². The second kappa shape index (κ2) is 12.9. The molecule has 0 spiro atoms. The Bertz CT molecular complexity index is 992. The number of hydrogen-bond donors (Lipinski definition) is 2. The Balaban J connectivity index is 0.000000967. The van der Waals surface area contributed by atoms with Gasteiger partial charge in [-0.15, -0.1) is 23.1 Å². The van der Waals surface area contributed by atoms with Crippen LogP contribution in [0.5, 0.6) is 0 Å². The smallest absolute Gasteiger partial charge is 0.130 e. The molecule has 0 aromatic carbocycles. The van der Waals surface area contributed by atoms with Crippen LogP contribution >= 0.6 is 23.1 Å². The number of nitrogens with one attached hydrogen (secondary N) is 2. The number of fused-ring (bicyclic) bond motifs is 1. The second-order valence-corrected chi connectivity index (χ2v) is 12.7. The molecule has 1 aromatic heterocycles. The highest BCUT2D eigenvalue weighted by atomic mass is 32.2. The molecule has 198 valence electrons. The molecule has 0 atom stereocenters. The van der Waals surface area contributed by atoms with Gasteiger partial charge in [-0.3, -0.25) is 10.8 Å². The van der Waals surface area contributed by atoms with Gasteiger partial charge in [0.1, 0.15) is 18.0 Å². The summed E-state index contributed by atoms with van der Waals surface area (Å²) in [4.78, 5) is 20.6. The first-order valence-corrected chi connectivity index (χ1v) is 15.5. The molecule has 0 aliphatic carbocycles. The first kappa shape index (κ1) is 27.6. The Hall–Kier alpha value is -1.48. The molecule has 5 heterocycles. The maximum Gasteiger partial charge on any atom is 0.130 e. The number of piperidine rings is 1. The Labute approximate surface area is 225 Å². The highest BCUT2D eigenvalue weighted by molar-refractivity contribution is 8.03. The number of allylic oxidation sites excluding steroid dienone is 1. The van der Waals surface area contributed by atoms with Crippen molar-refractivity contribution >= 4 is 41.1 Å². The molecule has 0 unspecified atom stereocenters. The molecule has 4 aliphatic heterocycles. The summed E-state index contributed by atoms with van der Waals surface area (Å²) >= 11 is 4.02. The van der Waals surface area contributed by atoms with Crippen molar-refractivity contribution in [2.45, 2.75) is 71.8 Å². The molecule has 0 saturated carbocycles. The molecule has 5 rings (SSSR count). The molecule has 0 bridgehead atoms. The average Bonchev–Trinajstić information content (AvgIpc) is 3.45. The molecule has 1 aromatic rings. The Morgan fingerprint density at radius 3 is 2.61 bits per heavy atom. The number of carbonyl (C=O) groups is 1. The van der Waals surface area contributed by atoms with E-state index >= 15 is 0 Å². The predicted molar refractivity (Wildman–Crippen MR) is 154 cm³/mol. The van der Waals surface area contributed by atoms with E-state index in [1.165, 1.54) is 43.2 Å². The summed E-state index contributed by atoms with van der Waals surface area (Å²) in [5, 5.41) is 17.7. The van der Waals surface area contributed by atoms with E-state index < -0.39 is 0 Å². The van der Waals surface area contributed by atoms with Crippen LogP contribution in [-0.4, -0.2) is 78.2 Å². The number of likely N-dealkylation sites (N-methyl/N-ethyl adjacent to an activating group) is 1. The largest absolute Gasteiger partial charge is 0.315 e. The van der Waals surface area contributed by atoms with Gasteiger partial charge in [-0.1, -0.05) is 6.92 Å². The highest BCUT2D eigenvalue weighted by Gasteiger charge is 2.32. The predicted octanol–water partition coefficient (Wildman–Crippen LogP) is 5.20. The standard InChI is InChI=1S/C26H39N5S2.C2H4O/c1-3-19-20-8-12-29(2)17-24(20)33-23(19)9-15-30-13-6-18(7-14-30)25(27)31-11-4-5-22-21(26(31)28)10-16-32-22;1-2-3/h18,27-28H,3-17H2,1-2H3;2H,1H3. The van der Waals surface area contributed by atoms with Crippen LogP contribution in [0.1, 0.15) is 66.8 Å². The number of thioether (sulfide) groups is 1. The number of nitrogens with zero attached hydrogens (tertiary/aromatic N) is 3. The minimum absolute atomic E-state index is 0.314. The van der Waals surface area contributed by atoms with E-state index in [9.17, 15) is 0 Å². The summed E-state index contributed by atoms with van der Waals surface area (Å²) in [5.41, 5.74) is 4.55. The molecule has 4 aliphatic rings. The fourth-order valence-electron chi connectivity index (χ4n) is 6.07. The van der Waals surface area contributed by atoms with Crippen molar-refractivity contribution in [2.75, 3.05) is 45.5 Å². The van der Waals surface area contributed by atoms with Crippen molar-refractivity contribution in [1.82, 2.24) is 14.7 Å². The van der Waals surface area contributed by atoms with Crippen molar-refractivity contribution in [3.8, 4) is 0 Å². The second-order valence-electron chi connectivity index (χ2n) is 10.3. The third-order valence-corrected chi connectivity index (χ3v) is 10.5. The lowest BCUT2D eigenvalue weighted by Gasteiger charge is -2.36. The lowest BCUT2D eigenvalue weighted by Crippen LogP contribution is -2.45. The summed E-state index contributed by atoms with van der Waals surface area (Å²) in [6.45, 7) is 10.3. The summed E-state index contributed by atoms with van der Waals surface area (Å²) in [6, 6.07) is 0. The average molecular weight is 530 g/mol. The third kappa shape index (κ3) is 6.14. The first-order valence-electron chi connectivity index (χ1n) is 13.7. The molecule has 2 N–H and O–H groups in total. The van der Waals surface area contributed by atoms with Gasteiger partial charge in [0.15, 0.2) is 0 Å². The van der Waals surface area contributed by atoms with Gasteiger partial charge in [0, 0.05) is 53.2 Å². The van der Waals surface area contributed by atoms with Gasteiger partial charge in [0.05, 0.1) is 0 Å². The van der Waals surface area contributed by atoms with Crippen molar-refractivity contribution in [3.63, 3.8) is 0 Å². The van der Waals surface area contributed by atoms with E-state index in [2.05, 4.69) is 40.0 Å². The molecule has 0 amide bonds. The molecule has 1 fully saturated rings. The monoisotopic (exact) mass is 529 g/mol. The minimum atomic E-state index is 0.314. The van der Waals surface area contributed by atoms with E-state index in [0.29, 0.717) is 17.6 Å². The topological polar surface area (TPSA) is 74.5 Å². The van der Waals surface area contributed by atoms with Crippen LogP contribution in [0.2, 0.25) is 0 Å².